The number of aromatic nitrogens is 3. The molecule has 1 aliphatic carbocycles. The van der Waals surface area contributed by atoms with E-state index in [9.17, 15) is 14.4 Å². The normalized spacial score (nSPS) is 23.9. The Morgan fingerprint density at radius 2 is 2.15 bits per heavy atom. The number of morpholine rings is 1. The maximum absolute atomic E-state index is 13.5. The van der Waals surface area contributed by atoms with Gasteiger partial charge in [0.1, 0.15) is 34.0 Å². The minimum Gasteiger partial charge on any atom is -0.374 e. The molecule has 1 spiro atoms. The third-order valence-corrected chi connectivity index (χ3v) is 8.55. The number of nitrogens with zero attached hydrogens (tertiary/aromatic N) is 4. The van der Waals surface area contributed by atoms with Crippen LogP contribution in [0.3, 0.4) is 0 Å². The second-order valence-corrected chi connectivity index (χ2v) is 10.6. The Hall–Kier alpha value is -3.31. The van der Waals surface area contributed by atoms with Crippen LogP contribution in [0, 0.1) is 6.92 Å². The third kappa shape index (κ3) is 2.67. The van der Waals surface area contributed by atoms with Gasteiger partial charge in [-0.05, 0) is 50.3 Å². The van der Waals surface area contributed by atoms with Gasteiger partial charge < -0.3 is 20.3 Å². The van der Waals surface area contributed by atoms with E-state index in [1.807, 2.05) is 11.8 Å². The van der Waals surface area contributed by atoms with E-state index in [2.05, 4.69) is 20.6 Å². The Labute approximate surface area is 197 Å². The van der Waals surface area contributed by atoms with Crippen LogP contribution in [-0.4, -0.2) is 56.5 Å². The molecule has 3 aromatic rings. The van der Waals surface area contributed by atoms with Gasteiger partial charge in [-0.25, -0.2) is 9.97 Å². The number of fused-ring (bicyclic) bond motifs is 5. The van der Waals surface area contributed by atoms with E-state index in [0.717, 1.165) is 31.2 Å². The van der Waals surface area contributed by atoms with Crippen molar-refractivity contribution in [2.24, 2.45) is 0 Å². The van der Waals surface area contributed by atoms with Gasteiger partial charge in [0.15, 0.2) is 0 Å². The van der Waals surface area contributed by atoms with Crippen LogP contribution in [0.2, 0.25) is 0 Å². The summed E-state index contributed by atoms with van der Waals surface area (Å²) in [6, 6.07) is 3.63. The molecule has 4 aliphatic rings. The molecular formula is C23H22N6O4S. The predicted molar refractivity (Wildman–Crippen MR) is 125 cm³/mol. The van der Waals surface area contributed by atoms with Crippen molar-refractivity contribution >= 4 is 44.9 Å². The van der Waals surface area contributed by atoms with Gasteiger partial charge in [-0.1, -0.05) is 0 Å². The van der Waals surface area contributed by atoms with E-state index < -0.39 is 5.66 Å². The number of amides is 2. The van der Waals surface area contributed by atoms with Gasteiger partial charge in [0, 0.05) is 6.54 Å². The number of thiophene rings is 1. The highest BCUT2D eigenvalue weighted by Gasteiger charge is 2.49. The standard InChI is InChI=1S/C23H22N6O4S/c1-11-5-15(21(31)29-17(11)19(30)27-23(29)3-2-4-23)26-18-14-7-16(34-20(14)25-10-24-18)22(32)28-8-13-6-12(28)9-33-13/h5,7,10,12-13H,2-4,6,8-9H2,1H3,(H,27,30)(H,24,25,26)/t12-,13?/m1/s1. The van der Waals surface area contributed by atoms with Crippen molar-refractivity contribution in [3.05, 3.63) is 44.9 Å². The van der Waals surface area contributed by atoms with Gasteiger partial charge >= 0.3 is 0 Å². The summed E-state index contributed by atoms with van der Waals surface area (Å²) in [5.74, 6) is 0.241. The Morgan fingerprint density at radius 1 is 1.29 bits per heavy atom. The SMILES string of the molecule is Cc1cc(Nc2ncnc3sc(C(=O)N4CC5C[C@@H]4CO5)cc23)c(=O)n2c1C(=O)NC21CCC1. The van der Waals surface area contributed by atoms with E-state index in [1.165, 1.54) is 17.7 Å². The summed E-state index contributed by atoms with van der Waals surface area (Å²) in [7, 11) is 0. The summed E-state index contributed by atoms with van der Waals surface area (Å²) in [5.41, 5.74) is 0.618. The first-order valence-electron chi connectivity index (χ1n) is 11.5. The molecule has 11 heteroatoms. The van der Waals surface area contributed by atoms with E-state index >= 15 is 0 Å². The van der Waals surface area contributed by atoms with Crippen molar-refractivity contribution in [2.45, 2.75) is 50.4 Å². The van der Waals surface area contributed by atoms with Crippen molar-refractivity contribution in [1.29, 1.82) is 0 Å². The number of anilines is 2. The minimum atomic E-state index is -0.617. The number of likely N-dealkylation sites (tertiary alicyclic amines) is 1. The van der Waals surface area contributed by atoms with Crippen LogP contribution in [0.25, 0.3) is 10.2 Å². The Morgan fingerprint density at radius 3 is 2.85 bits per heavy atom. The number of carbonyl (C=O) groups is 2. The van der Waals surface area contributed by atoms with Crippen LogP contribution in [0.15, 0.2) is 23.3 Å². The number of hydrogen-bond donors (Lipinski definition) is 2. The minimum absolute atomic E-state index is 0.0188. The first kappa shape index (κ1) is 20.1. The Bertz CT molecular complexity index is 1460. The number of nitrogens with one attached hydrogen (secondary N) is 2. The fraction of sp³-hybridized carbons (Fsp3) is 0.435. The molecule has 1 saturated carbocycles. The molecule has 7 rings (SSSR count). The molecule has 0 aromatic carbocycles. The van der Waals surface area contributed by atoms with Gasteiger partial charge in [-0.15, -0.1) is 11.3 Å². The van der Waals surface area contributed by atoms with Crippen LogP contribution in [0.1, 0.15) is 51.4 Å². The second-order valence-electron chi connectivity index (χ2n) is 9.55. The highest BCUT2D eigenvalue weighted by atomic mass is 32.1. The van der Waals surface area contributed by atoms with E-state index in [-0.39, 0.29) is 29.5 Å². The summed E-state index contributed by atoms with van der Waals surface area (Å²) >= 11 is 1.32. The molecule has 2 atom stereocenters. The number of aryl methyl sites for hydroxylation is 1. The van der Waals surface area contributed by atoms with E-state index in [1.54, 1.807) is 16.7 Å². The van der Waals surface area contributed by atoms with Crippen molar-refractivity contribution in [1.82, 2.24) is 24.8 Å². The molecule has 6 heterocycles. The number of ether oxygens (including phenoxy) is 1. The van der Waals surface area contributed by atoms with Crippen LogP contribution in [0.4, 0.5) is 11.5 Å². The second kappa shape index (κ2) is 6.86. The Kier molecular flexibility index (Phi) is 4.05. The molecule has 0 radical (unpaired) electrons. The number of carbonyl (C=O) groups excluding carboxylic acids is 2. The number of rotatable bonds is 3. The first-order chi connectivity index (χ1) is 16.4. The first-order valence-corrected chi connectivity index (χ1v) is 12.3. The summed E-state index contributed by atoms with van der Waals surface area (Å²) in [4.78, 5) is 51.1. The average molecular weight is 479 g/mol. The molecule has 3 aliphatic heterocycles. The number of pyridine rings is 1. The third-order valence-electron chi connectivity index (χ3n) is 7.52. The van der Waals surface area contributed by atoms with Gasteiger partial charge in [0.25, 0.3) is 17.4 Å². The van der Waals surface area contributed by atoms with Crippen molar-refractivity contribution in [2.75, 3.05) is 18.5 Å². The quantitative estimate of drug-likeness (QED) is 0.592. The summed E-state index contributed by atoms with van der Waals surface area (Å²) in [5, 5.41) is 6.87. The van der Waals surface area contributed by atoms with Gasteiger partial charge in [-0.3, -0.25) is 19.0 Å². The van der Waals surface area contributed by atoms with Crippen molar-refractivity contribution < 1.29 is 14.3 Å². The lowest BCUT2D eigenvalue weighted by Crippen LogP contribution is -2.52. The molecule has 2 amide bonds. The van der Waals surface area contributed by atoms with Crippen molar-refractivity contribution in [3.63, 3.8) is 0 Å². The molecule has 2 saturated heterocycles. The predicted octanol–water partition coefficient (Wildman–Crippen LogP) is 2.10. The van der Waals surface area contributed by atoms with Gasteiger partial charge in [0.2, 0.25) is 0 Å². The lowest BCUT2D eigenvalue weighted by atomic mass is 9.85. The molecule has 2 bridgehead atoms. The molecule has 3 fully saturated rings. The topological polar surface area (TPSA) is 118 Å². The molecule has 174 valence electrons. The number of hydrogen-bond acceptors (Lipinski definition) is 8. The zero-order valence-corrected chi connectivity index (χ0v) is 19.3. The van der Waals surface area contributed by atoms with Crippen LogP contribution in [0.5, 0.6) is 0 Å². The van der Waals surface area contributed by atoms with E-state index in [4.69, 9.17) is 4.74 Å². The molecular weight excluding hydrogens is 456 g/mol. The van der Waals surface area contributed by atoms with Crippen LogP contribution in [-0.2, 0) is 10.4 Å². The smallest absolute Gasteiger partial charge is 0.276 e. The van der Waals surface area contributed by atoms with Gasteiger partial charge in [0.05, 0.1) is 29.0 Å². The summed E-state index contributed by atoms with van der Waals surface area (Å²) in [6.45, 7) is 3.04. The van der Waals surface area contributed by atoms with Gasteiger partial charge in [-0.2, -0.15) is 0 Å². The van der Waals surface area contributed by atoms with E-state index in [0.29, 0.717) is 45.4 Å². The maximum atomic E-state index is 13.5. The zero-order chi connectivity index (χ0) is 23.2. The zero-order valence-electron chi connectivity index (χ0n) is 18.5. The lowest BCUT2D eigenvalue weighted by molar-refractivity contribution is 0.0262. The van der Waals surface area contributed by atoms with Crippen LogP contribution >= 0.6 is 11.3 Å². The molecule has 2 N–H and O–H groups in total. The largest absolute Gasteiger partial charge is 0.374 e. The molecule has 10 nitrogen and oxygen atoms in total. The average Bonchev–Trinajstić information content (AvgIpc) is 3.57. The highest BCUT2D eigenvalue weighted by Crippen LogP contribution is 2.41. The fourth-order valence-electron chi connectivity index (χ4n) is 5.69. The fourth-order valence-corrected chi connectivity index (χ4v) is 6.64. The van der Waals surface area contributed by atoms with Crippen molar-refractivity contribution in [3.8, 4) is 0 Å². The Balaban J connectivity index is 1.26. The molecule has 3 aromatic heterocycles. The maximum Gasteiger partial charge on any atom is 0.276 e. The molecule has 34 heavy (non-hydrogen) atoms. The molecule has 1 unspecified atom stereocenters. The lowest BCUT2D eigenvalue weighted by Gasteiger charge is -2.39. The summed E-state index contributed by atoms with van der Waals surface area (Å²) in [6.07, 6.45) is 4.90. The monoisotopic (exact) mass is 478 g/mol. The van der Waals surface area contributed by atoms with Crippen LogP contribution < -0.4 is 16.2 Å². The highest BCUT2D eigenvalue weighted by molar-refractivity contribution is 7.20. The summed E-state index contributed by atoms with van der Waals surface area (Å²) < 4.78 is 7.23.